The molecule has 1 aliphatic heterocycles. The number of hydrogen-bond donors (Lipinski definition) is 1. The molecule has 0 amide bonds. The van der Waals surface area contributed by atoms with Crippen molar-refractivity contribution in [1.82, 2.24) is 0 Å². The van der Waals surface area contributed by atoms with Gasteiger partial charge in [-0.25, -0.2) is 4.39 Å². The predicted molar refractivity (Wildman–Crippen MR) is 83.0 cm³/mol. The zero-order chi connectivity index (χ0) is 18.4. The maximum atomic E-state index is 14.7. The van der Waals surface area contributed by atoms with Crippen LogP contribution >= 0.6 is 0 Å². The monoisotopic (exact) mass is 356 g/mol. The molecule has 0 aliphatic carbocycles. The summed E-state index contributed by atoms with van der Waals surface area (Å²) in [7, 11) is 0. The van der Waals surface area contributed by atoms with Crippen LogP contribution in [0.3, 0.4) is 0 Å². The first kappa shape index (κ1) is 19.3. The van der Waals surface area contributed by atoms with Crippen LogP contribution in [0, 0.1) is 0 Å². The van der Waals surface area contributed by atoms with Crippen LogP contribution < -0.4 is 0 Å². The molecule has 1 heterocycles. The highest BCUT2D eigenvalue weighted by molar-refractivity contribution is 5.67. The molecule has 1 fully saturated rings. The van der Waals surface area contributed by atoms with E-state index in [-0.39, 0.29) is 13.2 Å². The van der Waals surface area contributed by atoms with Gasteiger partial charge in [0, 0.05) is 13.8 Å². The number of hydrogen-bond acceptors (Lipinski definition) is 7. The van der Waals surface area contributed by atoms with Gasteiger partial charge in [-0.1, -0.05) is 30.3 Å². The Hall–Kier alpha value is -2.03. The van der Waals surface area contributed by atoms with E-state index in [1.54, 1.807) is 0 Å². The van der Waals surface area contributed by atoms with Crippen molar-refractivity contribution in [3.05, 3.63) is 35.9 Å². The Labute approximate surface area is 144 Å². The number of carbonyl (C=O) groups excluding carboxylic acids is 2. The molecular formula is C17H21FO7. The zero-order valence-corrected chi connectivity index (χ0v) is 14.0. The summed E-state index contributed by atoms with van der Waals surface area (Å²) in [6.07, 6.45) is -7.55. The quantitative estimate of drug-likeness (QED) is 0.764. The van der Waals surface area contributed by atoms with Crippen LogP contribution in [-0.2, 0) is 35.1 Å². The van der Waals surface area contributed by atoms with E-state index in [9.17, 15) is 19.1 Å². The van der Waals surface area contributed by atoms with E-state index in [2.05, 4.69) is 0 Å². The highest BCUT2D eigenvalue weighted by Gasteiger charge is 2.50. The van der Waals surface area contributed by atoms with E-state index >= 15 is 0 Å². The Balaban J connectivity index is 1.99. The smallest absolute Gasteiger partial charge is 0.303 e. The molecule has 5 atom stereocenters. The second-order valence-corrected chi connectivity index (χ2v) is 5.66. The van der Waals surface area contributed by atoms with Gasteiger partial charge < -0.3 is 24.1 Å². The second-order valence-electron chi connectivity index (χ2n) is 5.66. The molecule has 8 heteroatoms. The number of halogens is 1. The van der Waals surface area contributed by atoms with Crippen molar-refractivity contribution in [3.8, 4) is 0 Å². The lowest BCUT2D eigenvalue weighted by molar-refractivity contribution is -0.284. The van der Waals surface area contributed by atoms with Crippen molar-refractivity contribution >= 4 is 11.9 Å². The number of aliphatic hydroxyl groups is 1. The minimum Gasteiger partial charge on any atom is -0.455 e. The molecule has 1 aliphatic rings. The Bertz CT molecular complexity index is 580. The third-order valence-corrected chi connectivity index (χ3v) is 3.59. The average molecular weight is 356 g/mol. The summed E-state index contributed by atoms with van der Waals surface area (Å²) in [5, 5.41) is 9.99. The minimum atomic E-state index is -1.83. The molecule has 0 spiro atoms. The van der Waals surface area contributed by atoms with Crippen molar-refractivity contribution in [3.63, 3.8) is 0 Å². The molecule has 7 nitrogen and oxygen atoms in total. The van der Waals surface area contributed by atoms with E-state index in [0.29, 0.717) is 0 Å². The molecule has 1 aromatic carbocycles. The minimum absolute atomic E-state index is 0.169. The number of rotatable bonds is 6. The van der Waals surface area contributed by atoms with Crippen LogP contribution in [0.25, 0.3) is 0 Å². The highest BCUT2D eigenvalue weighted by atomic mass is 19.1. The lowest BCUT2D eigenvalue weighted by atomic mass is 10.00. The third-order valence-electron chi connectivity index (χ3n) is 3.59. The number of alkyl halides is 1. The molecule has 0 radical (unpaired) electrons. The zero-order valence-electron chi connectivity index (χ0n) is 14.0. The van der Waals surface area contributed by atoms with Gasteiger partial charge in [0.25, 0.3) is 0 Å². The molecule has 2 rings (SSSR count). The number of esters is 2. The third kappa shape index (κ3) is 5.48. The number of ether oxygens (including phenoxy) is 4. The largest absolute Gasteiger partial charge is 0.455 e. The summed E-state index contributed by atoms with van der Waals surface area (Å²) < 4.78 is 35.0. The van der Waals surface area contributed by atoms with Gasteiger partial charge in [-0.3, -0.25) is 9.59 Å². The first-order chi connectivity index (χ1) is 11.9. The second kappa shape index (κ2) is 8.89. The summed E-state index contributed by atoms with van der Waals surface area (Å²) in [5.41, 5.74) is 0.892. The van der Waals surface area contributed by atoms with Crippen molar-refractivity contribution in [2.75, 3.05) is 6.61 Å². The fourth-order valence-electron chi connectivity index (χ4n) is 2.53. The molecular weight excluding hydrogens is 335 g/mol. The van der Waals surface area contributed by atoms with E-state index in [1.807, 2.05) is 30.3 Å². The van der Waals surface area contributed by atoms with E-state index in [0.717, 1.165) is 19.4 Å². The first-order valence-electron chi connectivity index (χ1n) is 7.82. The predicted octanol–water partition coefficient (Wildman–Crippen LogP) is 1.12. The molecule has 0 aromatic heterocycles. The Morgan fingerprint density at radius 1 is 1.12 bits per heavy atom. The van der Waals surface area contributed by atoms with Crippen LogP contribution in [0.15, 0.2) is 30.3 Å². The van der Waals surface area contributed by atoms with Gasteiger partial charge >= 0.3 is 11.9 Å². The topological polar surface area (TPSA) is 91.3 Å². The fraction of sp³-hybridized carbons (Fsp3) is 0.529. The molecule has 0 unspecified atom stereocenters. The number of benzene rings is 1. The molecule has 0 saturated carbocycles. The van der Waals surface area contributed by atoms with Crippen molar-refractivity contribution in [1.29, 1.82) is 0 Å². The lowest BCUT2D eigenvalue weighted by Crippen LogP contribution is -2.59. The van der Waals surface area contributed by atoms with Gasteiger partial charge in [0.05, 0.1) is 13.2 Å². The van der Waals surface area contributed by atoms with Gasteiger partial charge in [-0.15, -0.1) is 0 Å². The Morgan fingerprint density at radius 2 is 1.72 bits per heavy atom. The molecule has 1 aromatic rings. The average Bonchev–Trinajstić information content (AvgIpc) is 2.55. The van der Waals surface area contributed by atoms with Crippen LogP contribution in [0.5, 0.6) is 0 Å². The molecule has 0 bridgehead atoms. The maximum absolute atomic E-state index is 14.7. The maximum Gasteiger partial charge on any atom is 0.303 e. The molecule has 25 heavy (non-hydrogen) atoms. The highest BCUT2D eigenvalue weighted by Crippen LogP contribution is 2.28. The van der Waals surface area contributed by atoms with Crippen molar-refractivity contribution in [2.24, 2.45) is 0 Å². The Kier molecular flexibility index (Phi) is 6.86. The van der Waals surface area contributed by atoms with Gasteiger partial charge in [0.2, 0.25) is 0 Å². The SMILES string of the molecule is CC(=O)O[C@@H]1[C@H](F)[C@@H](COCc2ccccc2)O[C@@H](O)[C@@H]1OC(C)=O. The summed E-state index contributed by atoms with van der Waals surface area (Å²) in [6, 6.07) is 9.25. The van der Waals surface area contributed by atoms with Crippen LogP contribution in [0.1, 0.15) is 19.4 Å². The number of aliphatic hydroxyl groups excluding tert-OH is 1. The van der Waals surface area contributed by atoms with Gasteiger partial charge in [0.15, 0.2) is 24.7 Å². The van der Waals surface area contributed by atoms with E-state index in [1.165, 1.54) is 0 Å². The van der Waals surface area contributed by atoms with E-state index in [4.69, 9.17) is 18.9 Å². The summed E-state index contributed by atoms with van der Waals surface area (Å²) in [5.74, 6) is -1.52. The number of carbonyl (C=O) groups is 2. The molecule has 1 N–H and O–H groups in total. The van der Waals surface area contributed by atoms with Crippen molar-refractivity contribution in [2.45, 2.75) is 51.2 Å². The molecule has 1 saturated heterocycles. The van der Waals surface area contributed by atoms with Gasteiger partial charge in [-0.05, 0) is 5.56 Å². The van der Waals surface area contributed by atoms with Gasteiger partial charge in [0.1, 0.15) is 6.10 Å². The normalized spacial score (nSPS) is 29.0. The standard InChI is InChI=1S/C17H21FO7/c1-10(19)23-15-14(18)13(25-17(21)16(15)24-11(2)20)9-22-8-12-6-4-3-5-7-12/h3-7,13-17,21H,8-9H2,1-2H3/t13-,14-,15-,16-,17-/m1/s1. The van der Waals surface area contributed by atoms with Crippen LogP contribution in [0.4, 0.5) is 4.39 Å². The Morgan fingerprint density at radius 3 is 2.32 bits per heavy atom. The van der Waals surface area contributed by atoms with Gasteiger partial charge in [-0.2, -0.15) is 0 Å². The summed E-state index contributed by atoms with van der Waals surface area (Å²) in [4.78, 5) is 22.3. The molecule has 138 valence electrons. The van der Waals surface area contributed by atoms with Crippen molar-refractivity contribution < 1.29 is 38.0 Å². The van der Waals surface area contributed by atoms with E-state index < -0.39 is 42.7 Å². The van der Waals surface area contributed by atoms with Crippen LogP contribution in [-0.4, -0.2) is 54.4 Å². The fourth-order valence-corrected chi connectivity index (χ4v) is 2.53. The van der Waals surface area contributed by atoms with Crippen LogP contribution in [0.2, 0.25) is 0 Å². The summed E-state index contributed by atoms with van der Waals surface area (Å²) in [6.45, 7) is 2.26. The summed E-state index contributed by atoms with van der Waals surface area (Å²) >= 11 is 0. The lowest BCUT2D eigenvalue weighted by Gasteiger charge is -2.40. The first-order valence-corrected chi connectivity index (χ1v) is 7.82.